The second kappa shape index (κ2) is 17.8. The Morgan fingerprint density at radius 1 is 0.943 bits per heavy atom. The summed E-state index contributed by atoms with van der Waals surface area (Å²) < 4.78 is 10.8. The molecule has 12 nitrogen and oxygen atoms in total. The van der Waals surface area contributed by atoms with E-state index in [9.17, 15) is 24.0 Å². The minimum Gasteiger partial charge on any atom is -0.361 e. The van der Waals surface area contributed by atoms with Gasteiger partial charge in [-0.25, -0.2) is 0 Å². The number of hydrogen-bond donors (Lipinski definition) is 3. The summed E-state index contributed by atoms with van der Waals surface area (Å²) in [4.78, 5) is 70.5. The summed E-state index contributed by atoms with van der Waals surface area (Å²) in [6, 6.07) is 16.8. The van der Waals surface area contributed by atoms with Crippen molar-refractivity contribution < 1.29 is 33.2 Å². The minimum absolute atomic E-state index is 0.0582. The number of likely N-dealkylation sites (tertiary alicyclic amines) is 1. The molecule has 1 aromatic heterocycles. The quantitative estimate of drug-likeness (QED) is 0.157. The zero-order valence-corrected chi connectivity index (χ0v) is 31.4. The van der Waals surface area contributed by atoms with Crippen LogP contribution in [-0.4, -0.2) is 81.9 Å². The normalized spacial score (nSPS) is 21.2. The lowest BCUT2D eigenvalue weighted by Gasteiger charge is -2.33. The number of carbonyl (C=O) groups is 5. The summed E-state index contributed by atoms with van der Waals surface area (Å²) in [7, 11) is 0. The van der Waals surface area contributed by atoms with Crippen LogP contribution in [0, 0.1) is 5.92 Å². The van der Waals surface area contributed by atoms with Gasteiger partial charge < -0.3 is 30.1 Å². The smallest absolute Gasteiger partial charge is 0.246 e. The predicted molar refractivity (Wildman–Crippen MR) is 198 cm³/mol. The Balaban J connectivity index is 1.32. The van der Waals surface area contributed by atoms with Gasteiger partial charge in [-0.1, -0.05) is 86.6 Å². The van der Waals surface area contributed by atoms with Crippen LogP contribution in [0.2, 0.25) is 0 Å². The summed E-state index contributed by atoms with van der Waals surface area (Å²) in [5.41, 5.74) is 1.40. The molecule has 0 saturated carbocycles. The van der Waals surface area contributed by atoms with Gasteiger partial charge in [-0.15, -0.1) is 0 Å². The van der Waals surface area contributed by atoms with Crippen LogP contribution in [0.3, 0.4) is 0 Å². The Morgan fingerprint density at radius 3 is 2.23 bits per heavy atom. The molecule has 2 aliphatic rings. The van der Waals surface area contributed by atoms with Crippen molar-refractivity contribution in [3.8, 4) is 0 Å². The molecular weight excluding hydrogens is 674 g/mol. The average molecular weight is 728 g/mol. The summed E-state index contributed by atoms with van der Waals surface area (Å²) in [6.07, 6.45) is 3.26. The van der Waals surface area contributed by atoms with Gasteiger partial charge in [0.2, 0.25) is 23.6 Å². The highest BCUT2D eigenvalue weighted by molar-refractivity contribution is 5.99. The number of nitrogens with zero attached hydrogens (tertiary/aromatic N) is 2. The molecule has 5 rings (SSSR count). The number of ketones is 1. The Kier molecular flexibility index (Phi) is 13.2. The molecule has 0 spiro atoms. The molecule has 0 bridgehead atoms. The van der Waals surface area contributed by atoms with Crippen molar-refractivity contribution in [2.75, 3.05) is 6.61 Å². The molecule has 53 heavy (non-hydrogen) atoms. The maximum absolute atomic E-state index is 14.2. The van der Waals surface area contributed by atoms with Crippen LogP contribution in [0.15, 0.2) is 71.3 Å². The molecule has 2 aromatic carbocycles. The Hall–Kier alpha value is -4.84. The molecule has 3 aromatic rings. The van der Waals surface area contributed by atoms with Crippen molar-refractivity contribution in [3.63, 3.8) is 0 Å². The van der Waals surface area contributed by atoms with E-state index >= 15 is 0 Å². The number of Topliss-reactive ketones (excluding diaryl/α,β-unsaturated/α-hetero) is 1. The van der Waals surface area contributed by atoms with E-state index in [0.29, 0.717) is 43.7 Å². The van der Waals surface area contributed by atoms with Crippen molar-refractivity contribution in [2.45, 2.75) is 122 Å². The highest BCUT2D eigenvalue weighted by atomic mass is 16.6. The molecule has 6 atom stereocenters. The number of carbonyl (C=O) groups excluding carboxylic acids is 5. The first kappa shape index (κ1) is 39.4. The zero-order valence-electron chi connectivity index (χ0n) is 31.4. The fraction of sp³-hybridized carbons (Fsp3) is 0.512. The number of benzene rings is 2. The third-order valence-electron chi connectivity index (χ3n) is 9.93. The highest BCUT2D eigenvalue weighted by Gasteiger charge is 2.51. The molecule has 3 heterocycles. The second-order valence-electron chi connectivity index (χ2n) is 15.0. The summed E-state index contributed by atoms with van der Waals surface area (Å²) in [5, 5.41) is 12.8. The van der Waals surface area contributed by atoms with E-state index in [1.54, 1.807) is 13.0 Å². The first-order valence-corrected chi connectivity index (χ1v) is 18.8. The third-order valence-corrected chi connectivity index (χ3v) is 9.93. The molecule has 2 aliphatic heterocycles. The lowest BCUT2D eigenvalue weighted by Crippen LogP contribution is -2.57. The fourth-order valence-electron chi connectivity index (χ4n) is 6.99. The number of aromatic nitrogens is 1. The molecule has 12 heteroatoms. The molecule has 2 unspecified atom stereocenters. The van der Waals surface area contributed by atoms with Crippen LogP contribution in [0.25, 0.3) is 0 Å². The van der Waals surface area contributed by atoms with E-state index in [0.717, 1.165) is 17.5 Å². The minimum atomic E-state index is -0.939. The van der Waals surface area contributed by atoms with Crippen LogP contribution in [0.4, 0.5) is 0 Å². The molecule has 0 radical (unpaired) electrons. The monoisotopic (exact) mass is 727 g/mol. The lowest BCUT2D eigenvalue weighted by molar-refractivity contribution is -0.142. The van der Waals surface area contributed by atoms with Crippen LogP contribution < -0.4 is 16.0 Å². The van der Waals surface area contributed by atoms with Crippen molar-refractivity contribution in [1.29, 1.82) is 0 Å². The summed E-state index contributed by atoms with van der Waals surface area (Å²) >= 11 is 0. The SMILES string of the molecule is CCCc1cc(CC(=O)N[C@@H](CCc2ccccc2)C(=O)N[C@H]2CC(C)N([C@@H](Cc3ccccc3)C(=O)N[C@@H](CC(C)C)C(=O)C3(C)CO3)C2=O)no1. The van der Waals surface area contributed by atoms with Crippen molar-refractivity contribution in [1.82, 2.24) is 26.0 Å². The molecule has 3 N–H and O–H groups in total. The van der Waals surface area contributed by atoms with E-state index in [-0.39, 0.29) is 31.0 Å². The Bertz CT molecular complexity index is 1720. The fourth-order valence-corrected chi connectivity index (χ4v) is 6.99. The lowest BCUT2D eigenvalue weighted by atomic mass is 9.92. The number of aryl methyl sites for hydroxylation is 2. The van der Waals surface area contributed by atoms with Gasteiger partial charge in [-0.3, -0.25) is 24.0 Å². The number of ether oxygens (including phenoxy) is 1. The first-order chi connectivity index (χ1) is 25.4. The van der Waals surface area contributed by atoms with Crippen LogP contribution in [0.5, 0.6) is 0 Å². The van der Waals surface area contributed by atoms with E-state index in [1.165, 1.54) is 4.90 Å². The van der Waals surface area contributed by atoms with Crippen LogP contribution in [0.1, 0.15) is 82.9 Å². The number of hydrogen-bond acceptors (Lipinski definition) is 8. The number of amides is 4. The topological polar surface area (TPSA) is 163 Å². The Morgan fingerprint density at radius 2 is 1.60 bits per heavy atom. The Labute approximate surface area is 311 Å². The van der Waals surface area contributed by atoms with Crippen molar-refractivity contribution in [3.05, 3.63) is 89.3 Å². The van der Waals surface area contributed by atoms with E-state index in [4.69, 9.17) is 9.26 Å². The van der Waals surface area contributed by atoms with Gasteiger partial charge in [0, 0.05) is 24.9 Å². The molecule has 0 aliphatic carbocycles. The van der Waals surface area contributed by atoms with Gasteiger partial charge in [0.1, 0.15) is 29.5 Å². The van der Waals surface area contributed by atoms with E-state index < -0.39 is 59.4 Å². The van der Waals surface area contributed by atoms with Crippen molar-refractivity contribution in [2.24, 2.45) is 5.92 Å². The summed E-state index contributed by atoms with van der Waals surface area (Å²) in [6.45, 7) is 9.87. The number of rotatable bonds is 19. The second-order valence-corrected chi connectivity index (χ2v) is 15.0. The molecular formula is C41H53N5O7. The zero-order chi connectivity index (χ0) is 38.1. The maximum atomic E-state index is 14.2. The van der Waals surface area contributed by atoms with Gasteiger partial charge in [0.05, 0.1) is 24.8 Å². The number of nitrogens with one attached hydrogen (secondary N) is 3. The molecule has 2 fully saturated rings. The van der Waals surface area contributed by atoms with Gasteiger partial charge >= 0.3 is 0 Å². The number of epoxide rings is 1. The van der Waals surface area contributed by atoms with Gasteiger partial charge in [0.15, 0.2) is 5.78 Å². The maximum Gasteiger partial charge on any atom is 0.246 e. The largest absolute Gasteiger partial charge is 0.361 e. The van der Waals surface area contributed by atoms with Gasteiger partial charge in [-0.05, 0) is 63.0 Å². The van der Waals surface area contributed by atoms with Gasteiger partial charge in [-0.2, -0.15) is 0 Å². The van der Waals surface area contributed by atoms with Crippen LogP contribution in [-0.2, 0) is 54.4 Å². The highest BCUT2D eigenvalue weighted by Crippen LogP contribution is 2.30. The molecule has 284 valence electrons. The molecule has 4 amide bonds. The molecule has 2 saturated heterocycles. The van der Waals surface area contributed by atoms with Crippen molar-refractivity contribution >= 4 is 29.4 Å². The average Bonchev–Trinajstić information content (AvgIpc) is 3.63. The third kappa shape index (κ3) is 10.6. The summed E-state index contributed by atoms with van der Waals surface area (Å²) in [5.74, 6) is -1.08. The van der Waals surface area contributed by atoms with Crippen LogP contribution >= 0.6 is 0 Å². The van der Waals surface area contributed by atoms with E-state index in [1.807, 2.05) is 88.4 Å². The predicted octanol–water partition coefficient (Wildman–Crippen LogP) is 3.89. The van der Waals surface area contributed by atoms with Gasteiger partial charge in [0.25, 0.3) is 0 Å². The van der Waals surface area contributed by atoms with E-state index in [2.05, 4.69) is 21.1 Å². The standard InChI is InChI=1S/C41H53N5O7/c1-6-13-31-23-30(45-53-31)24-36(47)42-32(19-18-28-14-9-7-10-15-28)38(49)44-34-21-27(4)46(40(34)51)35(22-29-16-11-8-12-17-29)39(50)43-33(20-26(2)3)37(48)41(5)25-52-41/h7-12,14-17,23,26-27,32-35H,6,13,18-22,24-25H2,1-5H3,(H,42,47)(H,43,50)(H,44,49)/t27?,32-,33-,34-,35-,41?/m0/s1. The first-order valence-electron chi connectivity index (χ1n) is 18.8.